The van der Waals surface area contributed by atoms with Crippen LogP contribution in [0.1, 0.15) is 11.8 Å². The molecule has 0 saturated heterocycles. The van der Waals surface area contributed by atoms with Crippen LogP contribution in [0.2, 0.25) is 0 Å². The first kappa shape index (κ1) is 21.8. The quantitative estimate of drug-likeness (QED) is 0.193. The molecular formula is C23H20N4O3S2. The van der Waals surface area contributed by atoms with E-state index in [1.165, 1.54) is 16.3 Å². The zero-order chi connectivity index (χ0) is 22.5. The molecular weight excluding hydrogens is 444 g/mol. The molecule has 0 bridgehead atoms. The Hall–Kier alpha value is -3.43. The van der Waals surface area contributed by atoms with Crippen LogP contribution >= 0.6 is 23.1 Å². The average molecular weight is 465 g/mol. The molecule has 0 atom stereocenters. The van der Waals surface area contributed by atoms with E-state index in [-0.39, 0.29) is 17.2 Å². The number of aromatic nitrogens is 2. The second kappa shape index (κ2) is 9.80. The van der Waals surface area contributed by atoms with Gasteiger partial charge in [-0.2, -0.15) is 5.10 Å². The lowest BCUT2D eigenvalue weighted by Crippen LogP contribution is -2.24. The summed E-state index contributed by atoms with van der Waals surface area (Å²) in [5.74, 6) is 0.458. The van der Waals surface area contributed by atoms with E-state index in [1.54, 1.807) is 60.9 Å². The maximum absolute atomic E-state index is 13.3. The molecule has 2 heterocycles. The summed E-state index contributed by atoms with van der Waals surface area (Å²) < 4.78 is 6.73. The Bertz CT molecular complexity index is 1330. The summed E-state index contributed by atoms with van der Waals surface area (Å²) in [5, 5.41) is 7.04. The van der Waals surface area contributed by atoms with E-state index >= 15 is 0 Å². The minimum absolute atomic E-state index is 0.0577. The van der Waals surface area contributed by atoms with Gasteiger partial charge in [-0.05, 0) is 54.8 Å². The lowest BCUT2D eigenvalue weighted by atomic mass is 10.2. The number of hydrogen-bond donors (Lipinski definition) is 1. The topological polar surface area (TPSA) is 85.6 Å². The number of ether oxygens (including phenoxy) is 1. The predicted molar refractivity (Wildman–Crippen MR) is 129 cm³/mol. The van der Waals surface area contributed by atoms with E-state index in [2.05, 4.69) is 15.5 Å². The largest absolute Gasteiger partial charge is 0.497 e. The number of amides is 1. The molecule has 2 aromatic heterocycles. The number of nitrogens with one attached hydrogen (secondary N) is 1. The maximum atomic E-state index is 13.3. The third kappa shape index (κ3) is 4.74. The van der Waals surface area contributed by atoms with Crippen LogP contribution in [0.15, 0.2) is 81.1 Å². The number of carbonyl (C=O) groups excluding carboxylic acids is 1. The van der Waals surface area contributed by atoms with Crippen molar-refractivity contribution in [3.63, 3.8) is 0 Å². The first-order chi connectivity index (χ1) is 15.6. The van der Waals surface area contributed by atoms with Gasteiger partial charge in [-0.25, -0.2) is 10.4 Å². The molecule has 0 fully saturated rings. The van der Waals surface area contributed by atoms with Crippen molar-refractivity contribution in [2.75, 3.05) is 12.9 Å². The fourth-order valence-electron chi connectivity index (χ4n) is 3.02. The number of thiophene rings is 1. The molecule has 7 nitrogen and oxygen atoms in total. The first-order valence-corrected chi connectivity index (χ1v) is 11.6. The predicted octanol–water partition coefficient (Wildman–Crippen LogP) is 4.09. The van der Waals surface area contributed by atoms with Crippen molar-refractivity contribution in [1.29, 1.82) is 0 Å². The van der Waals surface area contributed by atoms with Crippen LogP contribution in [-0.2, 0) is 4.79 Å². The highest BCUT2D eigenvalue weighted by Gasteiger charge is 2.15. The SMILES string of the molecule is COc1ccc(-n2c(SCC(=O)N/N=C(/C)c3cccs3)nc3ccccc3c2=O)cc1. The number of hydrogen-bond acceptors (Lipinski definition) is 7. The van der Waals surface area contributed by atoms with Crippen molar-refractivity contribution in [2.24, 2.45) is 5.10 Å². The molecule has 1 N–H and O–H groups in total. The van der Waals surface area contributed by atoms with Crippen LogP contribution in [0.5, 0.6) is 5.75 Å². The summed E-state index contributed by atoms with van der Waals surface area (Å²) in [6.45, 7) is 1.84. The van der Waals surface area contributed by atoms with Gasteiger partial charge in [0.05, 0.1) is 35.2 Å². The zero-order valence-electron chi connectivity index (χ0n) is 17.4. The van der Waals surface area contributed by atoms with Crippen LogP contribution in [0.25, 0.3) is 16.6 Å². The van der Waals surface area contributed by atoms with Crippen LogP contribution < -0.4 is 15.7 Å². The van der Waals surface area contributed by atoms with Gasteiger partial charge in [0.1, 0.15) is 5.75 Å². The van der Waals surface area contributed by atoms with E-state index in [1.807, 2.05) is 30.5 Å². The highest BCUT2D eigenvalue weighted by Crippen LogP contribution is 2.22. The van der Waals surface area contributed by atoms with Crippen molar-refractivity contribution in [1.82, 2.24) is 15.0 Å². The van der Waals surface area contributed by atoms with E-state index in [9.17, 15) is 9.59 Å². The Morgan fingerprint density at radius 1 is 1.16 bits per heavy atom. The monoisotopic (exact) mass is 464 g/mol. The number of nitrogens with zero attached hydrogens (tertiary/aromatic N) is 3. The van der Waals surface area contributed by atoms with Crippen LogP contribution in [-0.4, -0.2) is 34.0 Å². The molecule has 0 saturated carbocycles. The molecule has 2 aromatic carbocycles. The third-order valence-corrected chi connectivity index (χ3v) is 6.55. The number of carbonyl (C=O) groups is 1. The molecule has 162 valence electrons. The number of rotatable bonds is 7. The summed E-state index contributed by atoms with van der Waals surface area (Å²) in [5.41, 5.74) is 4.33. The van der Waals surface area contributed by atoms with Gasteiger partial charge < -0.3 is 4.74 Å². The van der Waals surface area contributed by atoms with Crippen molar-refractivity contribution in [2.45, 2.75) is 12.1 Å². The molecule has 4 rings (SSSR count). The number of fused-ring (bicyclic) bond motifs is 1. The van der Waals surface area contributed by atoms with Crippen LogP contribution in [0.4, 0.5) is 0 Å². The normalized spacial score (nSPS) is 11.5. The number of hydrazone groups is 1. The lowest BCUT2D eigenvalue weighted by molar-refractivity contribution is -0.118. The van der Waals surface area contributed by atoms with Gasteiger partial charge in [0.15, 0.2) is 5.16 Å². The second-order valence-corrected chi connectivity index (χ2v) is 8.64. The average Bonchev–Trinajstić information content (AvgIpc) is 3.37. The standard InChI is InChI=1S/C23H20N4O3S2/c1-15(20-8-5-13-31-20)25-26-21(28)14-32-23-24-19-7-4-3-6-18(19)22(29)27(23)16-9-11-17(30-2)12-10-16/h3-13H,14H2,1-2H3,(H,26,28)/b25-15-. The first-order valence-electron chi connectivity index (χ1n) is 9.73. The number of para-hydroxylation sites is 1. The summed E-state index contributed by atoms with van der Waals surface area (Å²) in [7, 11) is 1.58. The van der Waals surface area contributed by atoms with Gasteiger partial charge in [0.2, 0.25) is 0 Å². The lowest BCUT2D eigenvalue weighted by Gasteiger charge is -2.13. The summed E-state index contributed by atoms with van der Waals surface area (Å²) in [6.07, 6.45) is 0. The molecule has 4 aromatic rings. The molecule has 0 unspecified atom stereocenters. The van der Waals surface area contributed by atoms with Crippen molar-refractivity contribution < 1.29 is 9.53 Å². The van der Waals surface area contributed by atoms with Gasteiger partial charge >= 0.3 is 0 Å². The zero-order valence-corrected chi connectivity index (χ0v) is 19.1. The van der Waals surface area contributed by atoms with Crippen molar-refractivity contribution in [3.05, 3.63) is 81.3 Å². The molecule has 0 aliphatic heterocycles. The molecule has 9 heteroatoms. The van der Waals surface area contributed by atoms with Gasteiger partial charge in [0.25, 0.3) is 11.5 Å². The molecule has 0 aliphatic rings. The molecule has 0 aliphatic carbocycles. The summed E-state index contributed by atoms with van der Waals surface area (Å²) in [4.78, 5) is 31.3. The number of benzene rings is 2. The van der Waals surface area contributed by atoms with E-state index in [0.29, 0.717) is 27.5 Å². The Balaban J connectivity index is 1.61. The highest BCUT2D eigenvalue weighted by atomic mass is 32.2. The van der Waals surface area contributed by atoms with Gasteiger partial charge in [-0.3, -0.25) is 14.2 Å². The molecule has 0 spiro atoms. The molecule has 32 heavy (non-hydrogen) atoms. The fourth-order valence-corrected chi connectivity index (χ4v) is 4.50. The molecule has 1 amide bonds. The Morgan fingerprint density at radius 3 is 2.66 bits per heavy atom. The smallest absolute Gasteiger partial charge is 0.266 e. The Morgan fingerprint density at radius 2 is 1.94 bits per heavy atom. The number of thioether (sulfide) groups is 1. The van der Waals surface area contributed by atoms with Crippen LogP contribution in [0.3, 0.4) is 0 Å². The maximum Gasteiger partial charge on any atom is 0.266 e. The van der Waals surface area contributed by atoms with Crippen molar-refractivity contribution in [3.8, 4) is 11.4 Å². The van der Waals surface area contributed by atoms with E-state index < -0.39 is 0 Å². The molecule has 0 radical (unpaired) electrons. The summed E-state index contributed by atoms with van der Waals surface area (Å²) in [6, 6.07) is 18.2. The van der Waals surface area contributed by atoms with Gasteiger partial charge in [0, 0.05) is 4.88 Å². The number of methoxy groups -OCH3 is 1. The summed E-state index contributed by atoms with van der Waals surface area (Å²) >= 11 is 2.73. The van der Waals surface area contributed by atoms with E-state index in [0.717, 1.165) is 10.6 Å². The third-order valence-electron chi connectivity index (χ3n) is 4.63. The van der Waals surface area contributed by atoms with Gasteiger partial charge in [-0.1, -0.05) is 30.0 Å². The minimum atomic E-state index is -0.283. The minimum Gasteiger partial charge on any atom is -0.497 e. The van der Waals surface area contributed by atoms with E-state index in [4.69, 9.17) is 4.74 Å². The fraction of sp³-hybridized carbons (Fsp3) is 0.130. The van der Waals surface area contributed by atoms with Crippen molar-refractivity contribution >= 4 is 45.6 Å². The van der Waals surface area contributed by atoms with Gasteiger partial charge in [-0.15, -0.1) is 11.3 Å². The second-order valence-electron chi connectivity index (χ2n) is 6.75. The highest BCUT2D eigenvalue weighted by molar-refractivity contribution is 7.99. The Labute approximate surface area is 192 Å². The van der Waals surface area contributed by atoms with Crippen LogP contribution in [0, 0.1) is 0 Å². The Kier molecular flexibility index (Phi) is 6.67.